The van der Waals surface area contributed by atoms with Crippen molar-refractivity contribution in [1.82, 2.24) is 15.3 Å². The fourth-order valence-corrected chi connectivity index (χ4v) is 2.74. The van der Waals surface area contributed by atoms with Crippen LogP contribution in [0.1, 0.15) is 32.6 Å². The van der Waals surface area contributed by atoms with Crippen molar-refractivity contribution in [3.05, 3.63) is 24.0 Å². The van der Waals surface area contributed by atoms with E-state index >= 15 is 0 Å². The first-order valence-electron chi connectivity index (χ1n) is 6.70. The number of aromatic amines is 1. The molecule has 0 aliphatic heterocycles. The van der Waals surface area contributed by atoms with Crippen LogP contribution in [0.2, 0.25) is 0 Å². The SMILES string of the molecule is CC(C)(C)C(NC(=O)O)c1nc2ccc(SC(F)(F)F)cc2[nH]1. The Kier molecular flexibility index (Phi) is 4.52. The predicted octanol–water partition coefficient (Wildman–Crippen LogP) is 4.53. The van der Waals surface area contributed by atoms with Crippen LogP contribution in [0.15, 0.2) is 23.1 Å². The quantitative estimate of drug-likeness (QED) is 0.713. The summed E-state index contributed by atoms with van der Waals surface area (Å²) in [6.07, 6.45) is -1.20. The smallest absolute Gasteiger partial charge is 0.446 e. The number of imidazole rings is 1. The van der Waals surface area contributed by atoms with Crippen LogP contribution in [0.4, 0.5) is 18.0 Å². The largest absolute Gasteiger partial charge is 0.465 e. The molecule has 0 spiro atoms. The predicted molar refractivity (Wildman–Crippen MR) is 81.4 cm³/mol. The van der Waals surface area contributed by atoms with Crippen molar-refractivity contribution < 1.29 is 23.1 Å². The third-order valence-corrected chi connectivity index (χ3v) is 3.83. The first kappa shape index (κ1) is 17.5. The Morgan fingerprint density at radius 1 is 1.35 bits per heavy atom. The summed E-state index contributed by atoms with van der Waals surface area (Å²) in [6, 6.07) is 3.54. The van der Waals surface area contributed by atoms with Crippen LogP contribution < -0.4 is 5.32 Å². The minimum Gasteiger partial charge on any atom is -0.465 e. The van der Waals surface area contributed by atoms with E-state index in [2.05, 4.69) is 15.3 Å². The second-order valence-corrected chi connectivity index (χ2v) is 7.24. The molecule has 0 saturated heterocycles. The number of amides is 1. The molecule has 0 fully saturated rings. The van der Waals surface area contributed by atoms with Gasteiger partial charge in [0.05, 0.1) is 17.1 Å². The Hall–Kier alpha value is -1.90. The number of benzene rings is 1. The molecule has 126 valence electrons. The lowest BCUT2D eigenvalue weighted by molar-refractivity contribution is -0.0328. The molecular formula is C14H16F3N3O2S. The highest BCUT2D eigenvalue weighted by molar-refractivity contribution is 8.00. The second-order valence-electron chi connectivity index (χ2n) is 6.10. The molecule has 0 bridgehead atoms. The van der Waals surface area contributed by atoms with Crippen LogP contribution in [0.25, 0.3) is 11.0 Å². The van der Waals surface area contributed by atoms with Gasteiger partial charge in [-0.15, -0.1) is 0 Å². The Bertz CT molecular complexity index is 722. The second kappa shape index (κ2) is 5.95. The summed E-state index contributed by atoms with van der Waals surface area (Å²) >= 11 is -0.208. The third kappa shape index (κ3) is 4.54. The number of nitrogens with one attached hydrogen (secondary N) is 2. The van der Waals surface area contributed by atoms with Crippen molar-refractivity contribution >= 4 is 28.9 Å². The number of hydrogen-bond donors (Lipinski definition) is 3. The zero-order valence-electron chi connectivity index (χ0n) is 12.7. The number of H-pyrrole nitrogens is 1. The minimum atomic E-state index is -4.37. The highest BCUT2D eigenvalue weighted by Gasteiger charge is 2.31. The number of hydrogen-bond acceptors (Lipinski definition) is 3. The summed E-state index contributed by atoms with van der Waals surface area (Å²) in [7, 11) is 0. The van der Waals surface area contributed by atoms with E-state index in [0.29, 0.717) is 16.9 Å². The molecule has 23 heavy (non-hydrogen) atoms. The normalized spacial score (nSPS) is 14.0. The summed E-state index contributed by atoms with van der Waals surface area (Å²) in [5.74, 6) is 0.365. The van der Waals surface area contributed by atoms with Crippen LogP contribution in [0, 0.1) is 5.41 Å². The van der Waals surface area contributed by atoms with Gasteiger partial charge in [-0.2, -0.15) is 13.2 Å². The van der Waals surface area contributed by atoms with Gasteiger partial charge in [-0.25, -0.2) is 9.78 Å². The van der Waals surface area contributed by atoms with Gasteiger partial charge in [0.15, 0.2) is 0 Å². The molecule has 0 saturated carbocycles. The number of carbonyl (C=O) groups is 1. The topological polar surface area (TPSA) is 78.0 Å². The highest BCUT2D eigenvalue weighted by atomic mass is 32.2. The number of carboxylic acid groups (broad SMARTS) is 1. The van der Waals surface area contributed by atoms with E-state index in [9.17, 15) is 18.0 Å². The average molecular weight is 347 g/mol. The molecule has 2 aromatic rings. The van der Waals surface area contributed by atoms with Crippen LogP contribution in [0.3, 0.4) is 0 Å². The van der Waals surface area contributed by atoms with E-state index < -0.39 is 23.1 Å². The molecule has 1 atom stereocenters. The Balaban J connectivity index is 2.40. The molecule has 1 aromatic heterocycles. The van der Waals surface area contributed by atoms with Gasteiger partial charge in [-0.1, -0.05) is 20.8 Å². The summed E-state index contributed by atoms with van der Waals surface area (Å²) in [5, 5.41) is 11.4. The van der Waals surface area contributed by atoms with Crippen LogP contribution in [-0.4, -0.2) is 26.7 Å². The highest BCUT2D eigenvalue weighted by Crippen LogP contribution is 2.38. The van der Waals surface area contributed by atoms with Gasteiger partial charge in [0.2, 0.25) is 0 Å². The minimum absolute atomic E-state index is 0.0405. The van der Waals surface area contributed by atoms with Gasteiger partial charge >= 0.3 is 11.6 Å². The molecule has 0 aliphatic rings. The standard InChI is InChI=1S/C14H16F3N3O2S/c1-13(2,3)10(20-12(21)22)11-18-8-5-4-7(6-9(8)19-11)23-14(15,16)17/h4-6,10,20H,1-3H3,(H,18,19)(H,21,22). The molecule has 0 aliphatic carbocycles. The van der Waals surface area contributed by atoms with Crippen molar-refractivity contribution in [3.8, 4) is 0 Å². The van der Waals surface area contributed by atoms with Crippen molar-refractivity contribution in [3.63, 3.8) is 0 Å². The first-order chi connectivity index (χ1) is 10.5. The number of halogens is 3. The molecule has 5 nitrogen and oxygen atoms in total. The summed E-state index contributed by atoms with van der Waals surface area (Å²) < 4.78 is 37.3. The first-order valence-corrected chi connectivity index (χ1v) is 7.52. The van der Waals surface area contributed by atoms with Crippen molar-refractivity contribution in [2.75, 3.05) is 0 Å². The van der Waals surface area contributed by atoms with Crippen molar-refractivity contribution in [2.45, 2.75) is 37.2 Å². The van der Waals surface area contributed by atoms with E-state index in [-0.39, 0.29) is 16.7 Å². The van der Waals surface area contributed by atoms with E-state index in [1.54, 1.807) is 0 Å². The molecule has 2 rings (SSSR count). The lowest BCUT2D eigenvalue weighted by Crippen LogP contribution is -2.36. The maximum atomic E-state index is 12.4. The number of nitrogens with zero attached hydrogens (tertiary/aromatic N) is 1. The molecule has 1 unspecified atom stereocenters. The Morgan fingerprint density at radius 3 is 2.52 bits per heavy atom. The number of thioether (sulfide) groups is 1. The lowest BCUT2D eigenvalue weighted by atomic mass is 9.86. The molecule has 3 N–H and O–H groups in total. The summed E-state index contributed by atoms with van der Waals surface area (Å²) in [5.41, 5.74) is -3.92. The Labute approximate surface area is 134 Å². The van der Waals surface area contributed by atoms with Crippen LogP contribution in [0.5, 0.6) is 0 Å². The van der Waals surface area contributed by atoms with Crippen molar-refractivity contribution in [1.29, 1.82) is 0 Å². The van der Waals surface area contributed by atoms with Crippen LogP contribution >= 0.6 is 11.8 Å². The maximum Gasteiger partial charge on any atom is 0.446 e. The summed E-state index contributed by atoms with van der Waals surface area (Å²) in [6.45, 7) is 5.52. The van der Waals surface area contributed by atoms with Gasteiger partial charge < -0.3 is 15.4 Å². The monoisotopic (exact) mass is 347 g/mol. The maximum absolute atomic E-state index is 12.4. The van der Waals surface area contributed by atoms with Gasteiger partial charge in [0, 0.05) is 4.90 Å². The van der Waals surface area contributed by atoms with E-state index in [4.69, 9.17) is 5.11 Å². The number of aromatic nitrogens is 2. The lowest BCUT2D eigenvalue weighted by Gasteiger charge is -2.28. The molecular weight excluding hydrogens is 331 g/mol. The number of alkyl halides is 3. The molecule has 0 radical (unpaired) electrons. The van der Waals surface area contributed by atoms with E-state index in [0.717, 1.165) is 0 Å². The Morgan fingerprint density at radius 2 is 2.00 bits per heavy atom. The van der Waals surface area contributed by atoms with Crippen LogP contribution in [-0.2, 0) is 0 Å². The molecule has 9 heteroatoms. The molecule has 1 amide bonds. The van der Waals surface area contributed by atoms with Gasteiger partial charge in [-0.05, 0) is 35.4 Å². The van der Waals surface area contributed by atoms with E-state index in [1.165, 1.54) is 18.2 Å². The van der Waals surface area contributed by atoms with Gasteiger partial charge in [-0.3, -0.25) is 0 Å². The van der Waals surface area contributed by atoms with E-state index in [1.807, 2.05) is 20.8 Å². The number of fused-ring (bicyclic) bond motifs is 1. The fourth-order valence-electron chi connectivity index (χ4n) is 2.16. The van der Waals surface area contributed by atoms with Crippen molar-refractivity contribution in [2.24, 2.45) is 5.41 Å². The fraction of sp³-hybridized carbons (Fsp3) is 0.429. The average Bonchev–Trinajstić information content (AvgIpc) is 2.74. The third-order valence-electron chi connectivity index (χ3n) is 3.11. The zero-order chi connectivity index (χ0) is 17.4. The molecule has 1 aromatic carbocycles. The molecule has 1 heterocycles. The summed E-state index contributed by atoms with van der Waals surface area (Å²) in [4.78, 5) is 18.2. The number of rotatable bonds is 3. The van der Waals surface area contributed by atoms with Gasteiger partial charge in [0.25, 0.3) is 0 Å². The zero-order valence-corrected chi connectivity index (χ0v) is 13.5. The van der Waals surface area contributed by atoms with Gasteiger partial charge in [0.1, 0.15) is 5.82 Å².